The summed E-state index contributed by atoms with van der Waals surface area (Å²) in [7, 11) is 1.52. The molecular formula is C28H26ClNO5. The first kappa shape index (κ1) is 24.5. The summed E-state index contributed by atoms with van der Waals surface area (Å²) in [6.07, 6.45) is 0. The molecule has 0 unspecified atom stereocenters. The molecule has 180 valence electrons. The maximum Gasteiger partial charge on any atom is 0.295 e. The van der Waals surface area contributed by atoms with E-state index in [2.05, 4.69) is 6.07 Å². The summed E-state index contributed by atoms with van der Waals surface area (Å²) < 4.78 is 11.0. The molecule has 1 aliphatic rings. The third-order valence-corrected chi connectivity index (χ3v) is 6.13. The summed E-state index contributed by atoms with van der Waals surface area (Å²) in [6.45, 7) is 2.90. The number of carbonyl (C=O) groups is 2. The Hall–Kier alpha value is -3.61. The Labute approximate surface area is 209 Å². The Balaban J connectivity index is 1.63. The summed E-state index contributed by atoms with van der Waals surface area (Å²) in [5.74, 6) is -1.04. The Kier molecular flexibility index (Phi) is 7.54. The van der Waals surface area contributed by atoms with Crippen molar-refractivity contribution in [1.82, 2.24) is 4.90 Å². The molecule has 1 amide bonds. The smallest absolute Gasteiger partial charge is 0.295 e. The van der Waals surface area contributed by atoms with Crippen LogP contribution >= 0.6 is 11.6 Å². The molecule has 0 aromatic heterocycles. The van der Waals surface area contributed by atoms with Crippen molar-refractivity contribution >= 4 is 29.1 Å². The average molecular weight is 492 g/mol. The zero-order chi connectivity index (χ0) is 24.9. The van der Waals surface area contributed by atoms with Gasteiger partial charge < -0.3 is 19.5 Å². The Bertz CT molecular complexity index is 1250. The quantitative estimate of drug-likeness (QED) is 0.263. The van der Waals surface area contributed by atoms with Gasteiger partial charge in [0, 0.05) is 24.2 Å². The fraction of sp³-hybridized carbons (Fsp3) is 0.214. The van der Waals surface area contributed by atoms with Crippen LogP contribution in [0.3, 0.4) is 0 Å². The van der Waals surface area contributed by atoms with E-state index in [1.807, 2.05) is 25.1 Å². The number of ether oxygens (including phenoxy) is 2. The number of ketones is 1. The number of halogens is 1. The van der Waals surface area contributed by atoms with Gasteiger partial charge in [-0.3, -0.25) is 9.59 Å². The van der Waals surface area contributed by atoms with E-state index in [0.717, 1.165) is 11.1 Å². The molecule has 6 nitrogen and oxygen atoms in total. The third-order valence-electron chi connectivity index (χ3n) is 5.88. The normalized spacial score (nSPS) is 17.1. The predicted molar refractivity (Wildman–Crippen MR) is 134 cm³/mol. The van der Waals surface area contributed by atoms with Crippen LogP contribution in [0.2, 0.25) is 5.02 Å². The number of benzene rings is 3. The number of nitrogens with zero attached hydrogens (tertiary/aromatic N) is 1. The highest BCUT2D eigenvalue weighted by atomic mass is 35.5. The van der Waals surface area contributed by atoms with Crippen LogP contribution in [-0.4, -0.2) is 42.0 Å². The summed E-state index contributed by atoms with van der Waals surface area (Å²) in [5, 5.41) is 11.7. The molecule has 1 fully saturated rings. The fourth-order valence-electron chi connectivity index (χ4n) is 4.13. The number of carbonyl (C=O) groups excluding carboxylic acids is 2. The number of Topliss-reactive ketones (excluding diaryl/α,β-unsaturated/α-hetero) is 1. The van der Waals surface area contributed by atoms with E-state index in [-0.39, 0.29) is 24.5 Å². The van der Waals surface area contributed by atoms with Crippen LogP contribution in [0.1, 0.15) is 28.3 Å². The predicted octanol–water partition coefficient (Wildman–Crippen LogP) is 5.30. The SMILES string of the molecule is COCCN1C(=O)C(=O)/C(=C(/O)c2ccc(OCc3cccc(C)c3)cc2)[C@@H]1c1ccc(Cl)cc1. The molecular weight excluding hydrogens is 466 g/mol. The molecule has 7 heteroatoms. The van der Waals surface area contributed by atoms with E-state index in [9.17, 15) is 14.7 Å². The lowest BCUT2D eigenvalue weighted by atomic mass is 9.95. The number of likely N-dealkylation sites (tertiary alicyclic amines) is 1. The molecule has 0 aliphatic carbocycles. The molecule has 1 saturated heterocycles. The molecule has 3 aromatic carbocycles. The minimum absolute atomic E-state index is 0.0295. The molecule has 0 radical (unpaired) electrons. The standard InChI is InChI=1S/C28H26ClNO5/c1-18-4-3-5-19(16-18)17-35-23-12-8-21(9-13-23)26(31)24-25(20-6-10-22(29)11-7-20)30(14-15-34-2)28(33)27(24)32/h3-13,16,25,31H,14-15,17H2,1-2H3/b26-24+/t25-/m0/s1. The Morgan fingerprint density at radius 3 is 2.40 bits per heavy atom. The van der Waals surface area contributed by atoms with Crippen LogP contribution in [0.5, 0.6) is 5.75 Å². The second-order valence-corrected chi connectivity index (χ2v) is 8.78. The van der Waals surface area contributed by atoms with Crippen molar-refractivity contribution in [2.75, 3.05) is 20.3 Å². The lowest BCUT2D eigenvalue weighted by Gasteiger charge is -2.25. The molecule has 0 bridgehead atoms. The van der Waals surface area contributed by atoms with Crippen molar-refractivity contribution in [2.24, 2.45) is 0 Å². The summed E-state index contributed by atoms with van der Waals surface area (Å²) in [5.41, 5.74) is 3.32. The van der Waals surface area contributed by atoms with Gasteiger partial charge in [-0.1, -0.05) is 53.6 Å². The van der Waals surface area contributed by atoms with E-state index in [1.54, 1.807) is 48.5 Å². The second kappa shape index (κ2) is 10.8. The van der Waals surface area contributed by atoms with E-state index >= 15 is 0 Å². The minimum atomic E-state index is -0.750. The van der Waals surface area contributed by atoms with Crippen LogP contribution < -0.4 is 4.74 Å². The number of amides is 1. The number of hydrogen-bond donors (Lipinski definition) is 1. The van der Waals surface area contributed by atoms with E-state index < -0.39 is 17.7 Å². The van der Waals surface area contributed by atoms with Crippen molar-refractivity contribution in [3.8, 4) is 5.75 Å². The largest absolute Gasteiger partial charge is 0.507 e. The van der Waals surface area contributed by atoms with Crippen molar-refractivity contribution in [3.63, 3.8) is 0 Å². The fourth-order valence-corrected chi connectivity index (χ4v) is 4.25. The van der Waals surface area contributed by atoms with Crippen LogP contribution in [0.25, 0.3) is 5.76 Å². The maximum atomic E-state index is 13.0. The highest BCUT2D eigenvalue weighted by molar-refractivity contribution is 6.46. The molecule has 3 aromatic rings. The number of rotatable bonds is 8. The molecule has 1 atom stereocenters. The van der Waals surface area contributed by atoms with Gasteiger partial charge in [0.15, 0.2) is 0 Å². The van der Waals surface area contributed by atoms with Crippen molar-refractivity contribution in [2.45, 2.75) is 19.6 Å². The molecule has 1 aliphatic heterocycles. The molecule has 1 heterocycles. The van der Waals surface area contributed by atoms with E-state index in [4.69, 9.17) is 21.1 Å². The van der Waals surface area contributed by atoms with Gasteiger partial charge in [0.05, 0.1) is 18.2 Å². The maximum absolute atomic E-state index is 13.0. The molecule has 0 saturated carbocycles. The number of hydrogen-bond acceptors (Lipinski definition) is 5. The van der Waals surface area contributed by atoms with Gasteiger partial charge in [-0.2, -0.15) is 0 Å². The van der Waals surface area contributed by atoms with Crippen LogP contribution in [0.15, 0.2) is 78.4 Å². The average Bonchev–Trinajstić information content (AvgIpc) is 3.11. The first-order valence-corrected chi connectivity index (χ1v) is 11.6. The van der Waals surface area contributed by atoms with Crippen LogP contribution in [0.4, 0.5) is 0 Å². The third kappa shape index (κ3) is 5.39. The first-order valence-electron chi connectivity index (χ1n) is 11.2. The van der Waals surface area contributed by atoms with Gasteiger partial charge >= 0.3 is 0 Å². The topological polar surface area (TPSA) is 76.1 Å². The van der Waals surface area contributed by atoms with Gasteiger partial charge in [0.25, 0.3) is 11.7 Å². The van der Waals surface area contributed by atoms with E-state index in [1.165, 1.54) is 12.0 Å². The van der Waals surface area contributed by atoms with Gasteiger partial charge in [0.2, 0.25) is 0 Å². The molecule has 1 N–H and O–H groups in total. The van der Waals surface area contributed by atoms with Gasteiger partial charge in [-0.15, -0.1) is 0 Å². The van der Waals surface area contributed by atoms with Gasteiger partial charge in [0.1, 0.15) is 18.1 Å². The Morgan fingerprint density at radius 1 is 1.03 bits per heavy atom. The molecule has 0 spiro atoms. The molecule has 35 heavy (non-hydrogen) atoms. The van der Waals surface area contributed by atoms with Gasteiger partial charge in [-0.05, 0) is 54.4 Å². The lowest BCUT2D eigenvalue weighted by Crippen LogP contribution is -2.32. The zero-order valence-electron chi connectivity index (χ0n) is 19.5. The van der Waals surface area contributed by atoms with Crippen molar-refractivity contribution in [3.05, 3.63) is 106 Å². The van der Waals surface area contributed by atoms with Crippen LogP contribution in [0, 0.1) is 6.92 Å². The van der Waals surface area contributed by atoms with Crippen LogP contribution in [-0.2, 0) is 20.9 Å². The summed E-state index contributed by atoms with van der Waals surface area (Å²) in [4.78, 5) is 27.2. The monoisotopic (exact) mass is 491 g/mol. The van der Waals surface area contributed by atoms with Crippen molar-refractivity contribution in [1.29, 1.82) is 0 Å². The van der Waals surface area contributed by atoms with Crippen molar-refractivity contribution < 1.29 is 24.2 Å². The number of aryl methyl sites for hydroxylation is 1. The zero-order valence-corrected chi connectivity index (χ0v) is 20.3. The lowest BCUT2D eigenvalue weighted by molar-refractivity contribution is -0.140. The number of aliphatic hydroxyl groups is 1. The number of aliphatic hydroxyl groups excluding tert-OH is 1. The summed E-state index contributed by atoms with van der Waals surface area (Å²) in [6, 6.07) is 21.0. The summed E-state index contributed by atoms with van der Waals surface area (Å²) >= 11 is 6.04. The second-order valence-electron chi connectivity index (χ2n) is 8.34. The molecule has 4 rings (SSSR count). The highest BCUT2D eigenvalue weighted by Gasteiger charge is 2.45. The highest BCUT2D eigenvalue weighted by Crippen LogP contribution is 2.39. The minimum Gasteiger partial charge on any atom is -0.507 e. The first-order chi connectivity index (χ1) is 16.9. The van der Waals surface area contributed by atoms with Gasteiger partial charge in [-0.25, -0.2) is 0 Å². The van der Waals surface area contributed by atoms with E-state index in [0.29, 0.717) is 28.5 Å². The Morgan fingerprint density at radius 2 is 1.74 bits per heavy atom. The number of methoxy groups -OCH3 is 1.